The fraction of sp³-hybridized carbons (Fsp3) is 0.231. The summed E-state index contributed by atoms with van der Waals surface area (Å²) in [5.41, 5.74) is 2.11. The molecule has 0 atom stereocenters. The first-order valence-corrected chi connectivity index (χ1v) is 7.73. The summed E-state index contributed by atoms with van der Waals surface area (Å²) in [7, 11) is 0. The van der Waals surface area contributed by atoms with Crippen LogP contribution in [0.3, 0.4) is 0 Å². The molecule has 110 valence electrons. The van der Waals surface area contributed by atoms with Crippen molar-refractivity contribution in [1.29, 1.82) is 0 Å². The Morgan fingerprint density at radius 2 is 2.19 bits per heavy atom. The highest BCUT2D eigenvalue weighted by Crippen LogP contribution is 2.21. The zero-order chi connectivity index (χ0) is 15.2. The number of nitrogens with zero attached hydrogens (tertiary/aromatic N) is 1. The van der Waals surface area contributed by atoms with Crippen molar-refractivity contribution >= 4 is 41.4 Å². The van der Waals surface area contributed by atoms with E-state index in [9.17, 15) is 9.59 Å². The number of nitrogens with one attached hydrogen (secondary N) is 3. The van der Waals surface area contributed by atoms with E-state index in [2.05, 4.69) is 20.7 Å². The second-order valence-corrected chi connectivity index (χ2v) is 5.74. The minimum absolute atomic E-state index is 0.0579. The molecule has 0 aliphatic rings. The van der Waals surface area contributed by atoms with Crippen LogP contribution in [0.5, 0.6) is 0 Å². The van der Waals surface area contributed by atoms with E-state index in [1.165, 1.54) is 18.7 Å². The minimum Gasteiger partial charge on any atom is -0.325 e. The predicted octanol–water partition coefficient (Wildman–Crippen LogP) is 2.39. The van der Waals surface area contributed by atoms with Gasteiger partial charge in [-0.2, -0.15) is 5.10 Å². The van der Waals surface area contributed by atoms with E-state index in [4.69, 9.17) is 12.2 Å². The van der Waals surface area contributed by atoms with E-state index in [1.54, 1.807) is 12.1 Å². The Morgan fingerprint density at radius 3 is 2.86 bits per heavy atom. The van der Waals surface area contributed by atoms with Crippen LogP contribution in [-0.2, 0) is 9.59 Å². The van der Waals surface area contributed by atoms with Gasteiger partial charge in [0, 0.05) is 11.3 Å². The quantitative estimate of drug-likeness (QED) is 0.710. The number of hydrogen-bond acceptors (Lipinski definition) is 5. The van der Waals surface area contributed by atoms with Gasteiger partial charge in [0.05, 0.1) is 11.5 Å². The number of anilines is 1. The number of carbonyl (C=O) groups is 2. The molecule has 1 aromatic heterocycles. The summed E-state index contributed by atoms with van der Waals surface area (Å²) >= 11 is 6.40. The van der Waals surface area contributed by atoms with Gasteiger partial charge in [0.15, 0.2) is 0 Å². The lowest BCUT2D eigenvalue weighted by molar-refractivity contribution is -0.114. The Balaban J connectivity index is 2.01. The molecule has 0 fully saturated rings. The van der Waals surface area contributed by atoms with Crippen molar-refractivity contribution in [3.05, 3.63) is 28.9 Å². The standard InChI is InChI=1S/C13H14N4O2S2/c1-8(18)6-21-7-11(19)14-10-4-2-3-9(5-10)12-13(20)16-17-15-12/h2-5H,6-7H2,1H3,(H,14,19)(H2,15,16,17,20). The van der Waals surface area contributed by atoms with Gasteiger partial charge in [-0.3, -0.25) is 14.7 Å². The molecular weight excluding hydrogens is 308 g/mol. The van der Waals surface area contributed by atoms with Crippen molar-refractivity contribution in [2.45, 2.75) is 6.92 Å². The number of carbonyl (C=O) groups excluding carboxylic acids is 2. The number of Topliss-reactive ketones (excluding diaryl/α,β-unsaturated/α-hetero) is 1. The number of rotatable bonds is 6. The number of benzene rings is 1. The van der Waals surface area contributed by atoms with Crippen LogP contribution in [0, 0.1) is 4.64 Å². The number of ketones is 1. The molecule has 8 heteroatoms. The van der Waals surface area contributed by atoms with E-state index < -0.39 is 0 Å². The van der Waals surface area contributed by atoms with Gasteiger partial charge in [0.25, 0.3) is 0 Å². The van der Waals surface area contributed by atoms with Gasteiger partial charge < -0.3 is 5.32 Å². The SMILES string of the molecule is CC(=O)CSCC(=O)Nc1cccc(-c2n[nH][nH]c2=S)c1. The Kier molecular flexibility index (Phi) is 5.29. The lowest BCUT2D eigenvalue weighted by Gasteiger charge is -2.06. The van der Waals surface area contributed by atoms with Gasteiger partial charge in [-0.05, 0) is 19.1 Å². The van der Waals surface area contributed by atoms with Gasteiger partial charge in [-0.15, -0.1) is 11.8 Å². The number of amides is 1. The van der Waals surface area contributed by atoms with Crippen molar-refractivity contribution < 1.29 is 9.59 Å². The van der Waals surface area contributed by atoms with Crippen molar-refractivity contribution in [1.82, 2.24) is 15.4 Å². The number of H-pyrrole nitrogens is 2. The number of aromatic amines is 2. The van der Waals surface area contributed by atoms with Crippen molar-refractivity contribution in [2.24, 2.45) is 0 Å². The van der Waals surface area contributed by atoms with Gasteiger partial charge in [-0.25, -0.2) is 5.21 Å². The first kappa shape index (κ1) is 15.5. The molecule has 1 heterocycles. The molecule has 0 spiro atoms. The van der Waals surface area contributed by atoms with Crippen LogP contribution in [0.4, 0.5) is 5.69 Å². The highest BCUT2D eigenvalue weighted by molar-refractivity contribution is 8.00. The molecule has 0 aliphatic heterocycles. The topological polar surface area (TPSA) is 90.6 Å². The van der Waals surface area contributed by atoms with Crippen molar-refractivity contribution in [3.63, 3.8) is 0 Å². The van der Waals surface area contributed by atoms with E-state index in [1.807, 2.05) is 12.1 Å². The summed E-state index contributed by atoms with van der Waals surface area (Å²) in [5.74, 6) is 0.496. The lowest BCUT2D eigenvalue weighted by Crippen LogP contribution is -2.15. The van der Waals surface area contributed by atoms with E-state index in [0.29, 0.717) is 21.8 Å². The average molecular weight is 322 g/mol. The third-order valence-corrected chi connectivity index (χ3v) is 3.88. The molecule has 0 saturated carbocycles. The summed E-state index contributed by atoms with van der Waals surface area (Å²) in [6.45, 7) is 1.50. The Morgan fingerprint density at radius 1 is 1.38 bits per heavy atom. The molecule has 21 heavy (non-hydrogen) atoms. The molecule has 2 aromatic rings. The zero-order valence-electron chi connectivity index (χ0n) is 11.3. The second-order valence-electron chi connectivity index (χ2n) is 4.35. The fourth-order valence-corrected chi connectivity index (χ4v) is 2.53. The summed E-state index contributed by atoms with van der Waals surface area (Å²) in [6.07, 6.45) is 0. The predicted molar refractivity (Wildman–Crippen MR) is 85.8 cm³/mol. The largest absolute Gasteiger partial charge is 0.325 e. The molecule has 1 aromatic carbocycles. The van der Waals surface area contributed by atoms with E-state index >= 15 is 0 Å². The first-order valence-electron chi connectivity index (χ1n) is 6.17. The van der Waals surface area contributed by atoms with Crippen LogP contribution in [0.1, 0.15) is 6.92 Å². The maximum atomic E-state index is 11.8. The average Bonchev–Trinajstić information content (AvgIpc) is 2.85. The molecule has 0 saturated heterocycles. The Bertz CT molecular complexity index is 708. The molecule has 0 aliphatic carbocycles. The van der Waals surface area contributed by atoms with Crippen LogP contribution in [0.2, 0.25) is 0 Å². The van der Waals surface area contributed by atoms with Crippen LogP contribution in [0.15, 0.2) is 24.3 Å². The molecule has 2 rings (SSSR count). The third-order valence-electron chi connectivity index (χ3n) is 2.51. The smallest absolute Gasteiger partial charge is 0.234 e. The van der Waals surface area contributed by atoms with Crippen molar-refractivity contribution in [2.75, 3.05) is 16.8 Å². The number of thioether (sulfide) groups is 1. The van der Waals surface area contributed by atoms with Crippen LogP contribution < -0.4 is 5.32 Å². The van der Waals surface area contributed by atoms with Crippen LogP contribution in [-0.4, -0.2) is 38.6 Å². The van der Waals surface area contributed by atoms with Gasteiger partial charge in [-0.1, -0.05) is 24.4 Å². The maximum absolute atomic E-state index is 11.8. The molecule has 0 bridgehead atoms. The summed E-state index contributed by atoms with van der Waals surface area (Å²) in [5, 5.41) is 12.1. The number of aromatic nitrogens is 3. The normalized spacial score (nSPS) is 10.3. The number of hydrogen-bond donors (Lipinski definition) is 3. The van der Waals surface area contributed by atoms with Gasteiger partial charge >= 0.3 is 0 Å². The lowest BCUT2D eigenvalue weighted by atomic mass is 10.1. The van der Waals surface area contributed by atoms with Crippen LogP contribution in [0.25, 0.3) is 11.3 Å². The highest BCUT2D eigenvalue weighted by atomic mass is 32.2. The van der Waals surface area contributed by atoms with E-state index in [-0.39, 0.29) is 17.4 Å². The molecule has 3 N–H and O–H groups in total. The summed E-state index contributed by atoms with van der Waals surface area (Å²) < 4.78 is 0.510. The molecule has 6 nitrogen and oxygen atoms in total. The minimum atomic E-state index is -0.148. The van der Waals surface area contributed by atoms with Gasteiger partial charge in [0.2, 0.25) is 5.91 Å². The molecule has 0 radical (unpaired) electrons. The second kappa shape index (κ2) is 7.19. The van der Waals surface area contributed by atoms with Crippen LogP contribution >= 0.6 is 24.0 Å². The zero-order valence-corrected chi connectivity index (χ0v) is 12.9. The molecular formula is C13H14N4O2S2. The van der Waals surface area contributed by atoms with E-state index in [0.717, 1.165) is 5.56 Å². The monoisotopic (exact) mass is 322 g/mol. The summed E-state index contributed by atoms with van der Waals surface area (Å²) in [4.78, 5) is 22.6. The highest BCUT2D eigenvalue weighted by Gasteiger charge is 2.07. The maximum Gasteiger partial charge on any atom is 0.234 e. The fourth-order valence-electron chi connectivity index (χ4n) is 1.67. The van der Waals surface area contributed by atoms with Gasteiger partial charge in [0.1, 0.15) is 16.1 Å². The summed E-state index contributed by atoms with van der Waals surface area (Å²) in [6, 6.07) is 7.26. The Hall–Kier alpha value is -1.93. The molecule has 0 unspecified atom stereocenters. The third kappa shape index (κ3) is 4.54. The van der Waals surface area contributed by atoms with Crippen molar-refractivity contribution in [3.8, 4) is 11.3 Å². The molecule has 1 amide bonds. The first-order chi connectivity index (χ1) is 10.1. The Labute approximate surface area is 130 Å².